The minimum Gasteiger partial charge on any atom is -0.258 e. The second-order valence-electron chi connectivity index (χ2n) is 3.41. The topological polar surface area (TPSA) is 86.3 Å². The third-order valence-electron chi connectivity index (χ3n) is 2.31. The molecule has 2 rings (SSSR count). The summed E-state index contributed by atoms with van der Waals surface area (Å²) >= 11 is 0. The zero-order valence-electron chi connectivity index (χ0n) is 8.99. The van der Waals surface area contributed by atoms with E-state index in [4.69, 9.17) is 0 Å². The van der Waals surface area contributed by atoms with Crippen molar-refractivity contribution in [3.8, 4) is 11.1 Å². The number of non-ortho nitro benzene ring substituents is 1. The Kier molecular flexibility index (Phi) is 3.01. The molecule has 0 spiro atoms. The smallest absolute Gasteiger partial charge is 0.258 e. The van der Waals surface area contributed by atoms with E-state index in [1.54, 1.807) is 0 Å². The van der Waals surface area contributed by atoms with Gasteiger partial charge in [-0.05, 0) is 23.8 Å². The summed E-state index contributed by atoms with van der Waals surface area (Å²) in [5.41, 5.74) is 0.435. The molecule has 6 heteroatoms. The van der Waals surface area contributed by atoms with E-state index in [0.29, 0.717) is 5.56 Å². The molecule has 0 aliphatic heterocycles. The van der Waals surface area contributed by atoms with Gasteiger partial charge in [0, 0.05) is 18.2 Å². The maximum atomic E-state index is 10.8. The minimum atomic E-state index is -0.552. The van der Waals surface area contributed by atoms with E-state index < -0.39 is 9.85 Å². The fraction of sp³-hybridized carbons (Fsp3) is 0. The molecule has 0 aliphatic rings. The summed E-state index contributed by atoms with van der Waals surface area (Å²) in [5, 5.41) is 21.3. The standard InChI is InChI=1S/C12H6N2O4/c15-13(16)10-7-5-9(6-8-10)11-3-1-2-4-12(11)14(17)18/h1-2,4-5,7-8H. The lowest BCUT2D eigenvalue weighted by Crippen LogP contribution is -1.92. The first-order chi connectivity index (χ1) is 8.59. The number of rotatable bonds is 3. The van der Waals surface area contributed by atoms with Crippen molar-refractivity contribution < 1.29 is 9.85 Å². The molecule has 0 bridgehead atoms. The van der Waals surface area contributed by atoms with Gasteiger partial charge in [0.1, 0.15) is 0 Å². The van der Waals surface area contributed by atoms with E-state index in [9.17, 15) is 20.2 Å². The van der Waals surface area contributed by atoms with Crippen LogP contribution in [-0.2, 0) is 0 Å². The van der Waals surface area contributed by atoms with Gasteiger partial charge in [0.15, 0.2) is 0 Å². The molecule has 0 saturated carbocycles. The van der Waals surface area contributed by atoms with Crippen LogP contribution in [0.2, 0.25) is 0 Å². The number of nitro groups is 2. The molecule has 0 heterocycles. The van der Waals surface area contributed by atoms with Crippen LogP contribution in [0, 0.1) is 32.4 Å². The Labute approximate surface area is 102 Å². The zero-order valence-corrected chi connectivity index (χ0v) is 8.99. The lowest BCUT2D eigenvalue weighted by atomic mass is 10.0. The summed E-state index contributed by atoms with van der Waals surface area (Å²) in [6.07, 6.45) is 0. The van der Waals surface area contributed by atoms with Crippen LogP contribution in [0.1, 0.15) is 0 Å². The lowest BCUT2D eigenvalue weighted by Gasteiger charge is -2.01. The Morgan fingerprint density at radius 1 is 1.00 bits per heavy atom. The van der Waals surface area contributed by atoms with Crippen LogP contribution in [0.25, 0.3) is 11.1 Å². The molecule has 0 aliphatic carbocycles. The van der Waals surface area contributed by atoms with Gasteiger partial charge in [-0.15, -0.1) is 0 Å². The van der Waals surface area contributed by atoms with Crippen molar-refractivity contribution in [2.45, 2.75) is 0 Å². The molecule has 0 N–H and O–H groups in total. The van der Waals surface area contributed by atoms with Gasteiger partial charge in [-0.25, -0.2) is 0 Å². The van der Waals surface area contributed by atoms with Gasteiger partial charge in [0.25, 0.3) is 11.4 Å². The summed E-state index contributed by atoms with van der Waals surface area (Å²) in [5.74, 6) is 0. The third-order valence-corrected chi connectivity index (χ3v) is 2.31. The SMILES string of the molecule is O=[N+]([O-])c1c[c]c(-c2[c]cccc2[N+](=O)[O-])cc1. The van der Waals surface area contributed by atoms with Crippen molar-refractivity contribution in [1.82, 2.24) is 0 Å². The van der Waals surface area contributed by atoms with Gasteiger partial charge >= 0.3 is 0 Å². The first kappa shape index (κ1) is 11.7. The van der Waals surface area contributed by atoms with E-state index in [1.807, 2.05) is 0 Å². The molecular formula is C12H6N2O4. The summed E-state index contributed by atoms with van der Waals surface area (Å²) in [4.78, 5) is 20.2. The molecule has 88 valence electrons. The summed E-state index contributed by atoms with van der Waals surface area (Å²) in [6.45, 7) is 0. The zero-order chi connectivity index (χ0) is 13.1. The molecule has 2 radical (unpaired) electrons. The van der Waals surface area contributed by atoms with E-state index >= 15 is 0 Å². The maximum Gasteiger partial charge on any atom is 0.277 e. The summed E-state index contributed by atoms with van der Waals surface area (Å²) < 4.78 is 0. The average Bonchev–Trinajstić information content (AvgIpc) is 2.39. The predicted molar refractivity (Wildman–Crippen MR) is 62.9 cm³/mol. The Bertz CT molecular complexity index is 608. The Balaban J connectivity index is 2.49. The lowest BCUT2D eigenvalue weighted by molar-refractivity contribution is -0.385. The van der Waals surface area contributed by atoms with Crippen molar-refractivity contribution in [3.63, 3.8) is 0 Å². The number of benzene rings is 2. The molecule has 2 aromatic carbocycles. The number of hydrogen-bond donors (Lipinski definition) is 0. The molecule has 0 aromatic heterocycles. The normalized spacial score (nSPS) is 10.0. The highest BCUT2D eigenvalue weighted by Gasteiger charge is 2.15. The number of nitro benzene ring substituents is 2. The second kappa shape index (κ2) is 4.62. The number of hydrogen-bond acceptors (Lipinski definition) is 4. The Morgan fingerprint density at radius 3 is 2.33 bits per heavy atom. The van der Waals surface area contributed by atoms with E-state index in [2.05, 4.69) is 12.1 Å². The summed E-state index contributed by atoms with van der Waals surface area (Å²) in [7, 11) is 0. The first-order valence-electron chi connectivity index (χ1n) is 4.91. The van der Waals surface area contributed by atoms with E-state index in [1.165, 1.54) is 36.4 Å². The largest absolute Gasteiger partial charge is 0.277 e. The van der Waals surface area contributed by atoms with Crippen molar-refractivity contribution in [2.75, 3.05) is 0 Å². The molecule has 18 heavy (non-hydrogen) atoms. The first-order valence-corrected chi connectivity index (χ1v) is 4.91. The highest BCUT2D eigenvalue weighted by atomic mass is 16.6. The van der Waals surface area contributed by atoms with Gasteiger partial charge in [-0.3, -0.25) is 20.2 Å². The molecule has 0 amide bonds. The van der Waals surface area contributed by atoms with Crippen LogP contribution < -0.4 is 0 Å². The highest BCUT2D eigenvalue weighted by Crippen LogP contribution is 2.29. The quantitative estimate of drug-likeness (QED) is 0.611. The number of nitrogens with zero attached hydrogens (tertiary/aromatic N) is 2. The monoisotopic (exact) mass is 242 g/mol. The Morgan fingerprint density at radius 2 is 1.78 bits per heavy atom. The fourth-order valence-electron chi connectivity index (χ4n) is 1.48. The second-order valence-corrected chi connectivity index (χ2v) is 3.41. The van der Waals surface area contributed by atoms with Gasteiger partial charge in [-0.2, -0.15) is 0 Å². The van der Waals surface area contributed by atoms with Crippen molar-refractivity contribution in [2.24, 2.45) is 0 Å². The highest BCUT2D eigenvalue weighted by molar-refractivity contribution is 5.72. The minimum absolute atomic E-state index is 0.109. The van der Waals surface area contributed by atoms with E-state index in [0.717, 1.165) is 0 Å². The molecule has 6 nitrogen and oxygen atoms in total. The van der Waals surface area contributed by atoms with Gasteiger partial charge in [-0.1, -0.05) is 12.1 Å². The van der Waals surface area contributed by atoms with Gasteiger partial charge < -0.3 is 0 Å². The van der Waals surface area contributed by atoms with Crippen molar-refractivity contribution in [1.29, 1.82) is 0 Å². The molecular weight excluding hydrogens is 236 g/mol. The van der Waals surface area contributed by atoms with Crippen molar-refractivity contribution >= 4 is 11.4 Å². The third kappa shape index (κ3) is 2.17. The predicted octanol–water partition coefficient (Wildman–Crippen LogP) is 2.77. The van der Waals surface area contributed by atoms with Crippen LogP contribution in [0.4, 0.5) is 11.4 Å². The Hall–Kier alpha value is -2.76. The maximum absolute atomic E-state index is 10.8. The van der Waals surface area contributed by atoms with Crippen LogP contribution in [-0.4, -0.2) is 9.85 Å². The van der Waals surface area contributed by atoms with Crippen LogP contribution in [0.15, 0.2) is 36.4 Å². The molecule has 0 fully saturated rings. The average molecular weight is 242 g/mol. The van der Waals surface area contributed by atoms with Crippen molar-refractivity contribution in [3.05, 3.63) is 68.8 Å². The summed E-state index contributed by atoms with van der Waals surface area (Å²) in [6, 6.07) is 13.7. The molecule has 2 aromatic rings. The van der Waals surface area contributed by atoms with Gasteiger partial charge in [0.2, 0.25) is 0 Å². The van der Waals surface area contributed by atoms with Crippen LogP contribution in [0.3, 0.4) is 0 Å². The van der Waals surface area contributed by atoms with E-state index in [-0.39, 0.29) is 16.9 Å². The van der Waals surface area contributed by atoms with Crippen LogP contribution in [0.5, 0.6) is 0 Å². The van der Waals surface area contributed by atoms with Crippen LogP contribution >= 0.6 is 0 Å². The molecule has 0 unspecified atom stereocenters. The molecule has 0 atom stereocenters. The van der Waals surface area contributed by atoms with Gasteiger partial charge in [0.05, 0.1) is 15.4 Å². The fourth-order valence-corrected chi connectivity index (χ4v) is 1.48. The molecule has 0 saturated heterocycles.